The van der Waals surface area contributed by atoms with Crippen LogP contribution in [0.2, 0.25) is 0 Å². The van der Waals surface area contributed by atoms with Crippen molar-refractivity contribution in [3.63, 3.8) is 0 Å². The first-order chi connectivity index (χ1) is 21.8. The predicted octanol–water partition coefficient (Wildman–Crippen LogP) is 10.4. The van der Waals surface area contributed by atoms with Crippen LogP contribution in [0.4, 0.5) is 0 Å². The summed E-state index contributed by atoms with van der Waals surface area (Å²) in [7, 11) is 0. The molecule has 2 aliphatic carbocycles. The topological polar surface area (TPSA) is 22.8 Å². The number of hydrogen-bond donors (Lipinski definition) is 0. The molecule has 3 heteroatoms. The van der Waals surface area contributed by atoms with Crippen molar-refractivity contribution < 1.29 is 0 Å². The molecular weight excluding hydrogens is 534 g/mol. The summed E-state index contributed by atoms with van der Waals surface area (Å²) in [5, 5.41) is 5.06. The maximum atomic E-state index is 5.34. The lowest BCUT2D eigenvalue weighted by molar-refractivity contribution is 0.482. The number of rotatable bonds is 4. The molecule has 4 aromatic carbocycles. The van der Waals surface area contributed by atoms with Gasteiger partial charge in [-0.25, -0.2) is 4.98 Å². The molecule has 3 nitrogen and oxygen atoms in total. The Bertz CT molecular complexity index is 2340. The van der Waals surface area contributed by atoms with E-state index in [1.54, 1.807) is 0 Å². The first kappa shape index (κ1) is 25.1. The van der Waals surface area contributed by atoms with Gasteiger partial charge in [0.05, 0.1) is 27.8 Å². The van der Waals surface area contributed by atoms with Crippen LogP contribution in [0.25, 0.3) is 60.7 Å². The van der Waals surface area contributed by atoms with Crippen LogP contribution in [0.15, 0.2) is 152 Å². The van der Waals surface area contributed by atoms with Crippen LogP contribution in [-0.2, 0) is 0 Å². The van der Waals surface area contributed by atoms with Crippen LogP contribution < -0.4 is 0 Å². The Hall–Kier alpha value is -5.41. The quantitative estimate of drug-likeness (QED) is 0.208. The Morgan fingerprint density at radius 3 is 1.98 bits per heavy atom. The van der Waals surface area contributed by atoms with Gasteiger partial charge in [-0.3, -0.25) is 4.57 Å². The molecule has 0 saturated heterocycles. The van der Waals surface area contributed by atoms with E-state index in [-0.39, 0.29) is 0 Å². The molecule has 0 saturated carbocycles. The zero-order chi connectivity index (χ0) is 29.0. The van der Waals surface area contributed by atoms with Gasteiger partial charge in [0.1, 0.15) is 5.82 Å². The third-order valence-corrected chi connectivity index (χ3v) is 9.45. The van der Waals surface area contributed by atoms with Crippen LogP contribution in [0.3, 0.4) is 0 Å². The van der Waals surface area contributed by atoms with E-state index in [1.165, 1.54) is 54.9 Å². The molecule has 0 aliphatic heterocycles. The van der Waals surface area contributed by atoms with Crippen molar-refractivity contribution in [2.45, 2.75) is 12.8 Å². The molecule has 0 N–H and O–H groups in total. The number of benzene rings is 4. The molecule has 210 valence electrons. The largest absolute Gasteiger partial charge is 0.309 e. The summed E-state index contributed by atoms with van der Waals surface area (Å²) in [6.07, 6.45) is 17.9. The van der Waals surface area contributed by atoms with Crippen molar-refractivity contribution >= 4 is 49.2 Å². The fourth-order valence-corrected chi connectivity index (χ4v) is 7.45. The summed E-state index contributed by atoms with van der Waals surface area (Å²) < 4.78 is 4.75. The molecular formula is C41H31N3. The Balaban J connectivity index is 1.25. The first-order valence-corrected chi connectivity index (χ1v) is 15.5. The van der Waals surface area contributed by atoms with Gasteiger partial charge in [-0.1, -0.05) is 103 Å². The number of aromatic nitrogens is 3. The molecule has 0 spiro atoms. The molecule has 2 atom stereocenters. The molecule has 0 fully saturated rings. The second-order valence-corrected chi connectivity index (χ2v) is 11.9. The Morgan fingerprint density at radius 1 is 0.545 bits per heavy atom. The Kier molecular flexibility index (Phi) is 5.77. The number of fused-ring (bicyclic) bond motifs is 7. The van der Waals surface area contributed by atoms with E-state index in [2.05, 4.69) is 161 Å². The third kappa shape index (κ3) is 3.86. The summed E-state index contributed by atoms with van der Waals surface area (Å²) >= 11 is 0. The van der Waals surface area contributed by atoms with Crippen LogP contribution in [-0.4, -0.2) is 14.1 Å². The minimum atomic E-state index is 0.491. The summed E-state index contributed by atoms with van der Waals surface area (Å²) in [5.74, 6) is 1.98. The van der Waals surface area contributed by atoms with E-state index in [0.29, 0.717) is 11.8 Å². The van der Waals surface area contributed by atoms with Gasteiger partial charge in [-0.15, -0.1) is 0 Å². The molecule has 0 bridgehead atoms. The molecule has 9 rings (SSSR count). The standard InChI is InChI=1S/C41H31N3/c1-3-13-28(14-4-1)29-15-11-16-30(27-29)34-21-12-24-39(42-34)44-36-23-10-8-20-33(36)41-38(44)26-25-37-40(41)32-19-7-9-22-35(32)43(37)31-17-5-2-6-18-31/h1-13,15-26,28-29H,14,27H2. The van der Waals surface area contributed by atoms with Crippen LogP contribution in [0, 0.1) is 11.8 Å². The smallest absolute Gasteiger partial charge is 0.138 e. The molecule has 0 radical (unpaired) electrons. The van der Waals surface area contributed by atoms with Gasteiger partial charge in [0, 0.05) is 27.2 Å². The fourth-order valence-electron chi connectivity index (χ4n) is 7.45. The molecule has 3 aromatic heterocycles. The highest BCUT2D eigenvalue weighted by Gasteiger charge is 2.23. The van der Waals surface area contributed by atoms with E-state index in [0.717, 1.165) is 24.4 Å². The van der Waals surface area contributed by atoms with Crippen LogP contribution >= 0.6 is 0 Å². The van der Waals surface area contributed by atoms with Crippen LogP contribution in [0.1, 0.15) is 18.5 Å². The van der Waals surface area contributed by atoms with Crippen molar-refractivity contribution in [3.05, 3.63) is 157 Å². The maximum Gasteiger partial charge on any atom is 0.138 e. The summed E-state index contributed by atoms with van der Waals surface area (Å²) in [5.41, 5.74) is 8.31. The predicted molar refractivity (Wildman–Crippen MR) is 185 cm³/mol. The number of nitrogens with zero attached hydrogens (tertiary/aromatic N) is 3. The average molecular weight is 566 g/mol. The molecule has 3 heterocycles. The van der Waals surface area contributed by atoms with Gasteiger partial charge in [0.15, 0.2) is 0 Å². The molecule has 7 aromatic rings. The summed E-state index contributed by atoms with van der Waals surface area (Å²) in [4.78, 5) is 5.34. The lowest BCUT2D eigenvalue weighted by Crippen LogP contribution is -2.14. The number of hydrogen-bond acceptors (Lipinski definition) is 1. The Labute approximate surface area is 256 Å². The minimum absolute atomic E-state index is 0.491. The maximum absolute atomic E-state index is 5.34. The van der Waals surface area contributed by atoms with Gasteiger partial charge >= 0.3 is 0 Å². The zero-order valence-electron chi connectivity index (χ0n) is 24.3. The lowest BCUT2D eigenvalue weighted by Gasteiger charge is -2.25. The van der Waals surface area contributed by atoms with Crippen LogP contribution in [0.5, 0.6) is 0 Å². The Morgan fingerprint density at radius 2 is 1.23 bits per heavy atom. The average Bonchev–Trinajstić information content (AvgIpc) is 3.62. The van der Waals surface area contributed by atoms with E-state index in [4.69, 9.17) is 4.98 Å². The highest BCUT2D eigenvalue weighted by Crippen LogP contribution is 2.42. The number of allylic oxidation sites excluding steroid dienone is 8. The zero-order valence-corrected chi connectivity index (χ0v) is 24.3. The molecule has 2 aliphatic rings. The summed E-state index contributed by atoms with van der Waals surface area (Å²) in [6.45, 7) is 0. The highest BCUT2D eigenvalue weighted by molar-refractivity contribution is 6.28. The molecule has 2 unspecified atom stereocenters. The second-order valence-electron chi connectivity index (χ2n) is 11.9. The summed E-state index contributed by atoms with van der Waals surface area (Å²) in [6, 6.07) is 39.3. The SMILES string of the molecule is C1=CCC(C2C=CC=C(c3cccc(-n4c5ccccc5c5c6c7ccccc7n(-c7ccccc7)c6ccc54)n3)C2)C=C1. The second kappa shape index (κ2) is 10.1. The molecule has 0 amide bonds. The lowest BCUT2D eigenvalue weighted by atomic mass is 9.80. The van der Waals surface area contributed by atoms with E-state index < -0.39 is 0 Å². The van der Waals surface area contributed by atoms with Gasteiger partial charge in [0.25, 0.3) is 0 Å². The molecule has 44 heavy (non-hydrogen) atoms. The van der Waals surface area contributed by atoms with Gasteiger partial charge in [0.2, 0.25) is 0 Å². The van der Waals surface area contributed by atoms with Crippen molar-refractivity contribution in [2.24, 2.45) is 11.8 Å². The van der Waals surface area contributed by atoms with E-state index in [1.807, 2.05) is 0 Å². The van der Waals surface area contributed by atoms with Crippen molar-refractivity contribution in [2.75, 3.05) is 0 Å². The van der Waals surface area contributed by atoms with Gasteiger partial charge < -0.3 is 4.57 Å². The van der Waals surface area contributed by atoms with Crippen molar-refractivity contribution in [1.29, 1.82) is 0 Å². The van der Waals surface area contributed by atoms with Crippen molar-refractivity contribution in [3.8, 4) is 11.5 Å². The van der Waals surface area contributed by atoms with E-state index >= 15 is 0 Å². The third-order valence-electron chi connectivity index (χ3n) is 9.45. The van der Waals surface area contributed by atoms with Gasteiger partial charge in [-0.05, 0) is 78.8 Å². The minimum Gasteiger partial charge on any atom is -0.309 e. The van der Waals surface area contributed by atoms with Gasteiger partial charge in [-0.2, -0.15) is 0 Å². The normalized spacial score (nSPS) is 18.1. The van der Waals surface area contributed by atoms with Crippen molar-refractivity contribution in [1.82, 2.24) is 14.1 Å². The van der Waals surface area contributed by atoms with E-state index in [9.17, 15) is 0 Å². The first-order valence-electron chi connectivity index (χ1n) is 15.5. The monoisotopic (exact) mass is 565 g/mol. The number of pyridine rings is 1. The number of para-hydroxylation sites is 3. The fraction of sp³-hybridized carbons (Fsp3) is 0.0976. The highest BCUT2D eigenvalue weighted by atomic mass is 15.1.